The van der Waals surface area contributed by atoms with Crippen LogP contribution in [0.2, 0.25) is 5.02 Å². The summed E-state index contributed by atoms with van der Waals surface area (Å²) in [6.45, 7) is 3.97. The number of nitrogens with two attached hydrogens (primary N) is 1. The second-order valence-corrected chi connectivity index (χ2v) is 7.06. The Bertz CT molecular complexity index is 560. The van der Waals surface area contributed by atoms with Gasteiger partial charge in [-0.2, -0.15) is 0 Å². The molecule has 0 saturated heterocycles. The molecule has 1 aliphatic rings. The Labute approximate surface area is 155 Å². The molecule has 3 N–H and O–H groups in total. The first kappa shape index (κ1) is 20.0. The summed E-state index contributed by atoms with van der Waals surface area (Å²) in [6, 6.07) is 5.35. The molecule has 0 heterocycles. The number of carbonyl (C=O) groups excluding carboxylic acids is 1. The molecule has 1 fully saturated rings. The van der Waals surface area contributed by atoms with Crippen LogP contribution in [0.3, 0.4) is 0 Å². The summed E-state index contributed by atoms with van der Waals surface area (Å²) in [6.07, 6.45) is 6.00. The lowest BCUT2D eigenvalue weighted by Gasteiger charge is -2.35. The minimum atomic E-state index is -0.0725. The van der Waals surface area contributed by atoms with Crippen molar-refractivity contribution in [1.29, 1.82) is 0 Å². The first-order valence-corrected chi connectivity index (χ1v) is 9.47. The number of hydrogen-bond acceptors (Lipinski definition) is 4. The molecule has 0 radical (unpaired) electrons. The maximum atomic E-state index is 12.6. The van der Waals surface area contributed by atoms with Crippen LogP contribution in [-0.4, -0.2) is 32.3 Å². The Morgan fingerprint density at radius 2 is 2.04 bits per heavy atom. The molecule has 2 rings (SSSR count). The van der Waals surface area contributed by atoms with E-state index < -0.39 is 0 Å². The van der Waals surface area contributed by atoms with E-state index in [4.69, 9.17) is 26.8 Å². The SMILES string of the molecule is CCOCCOc1c(Cl)cccc1NC(=O)CC1(CN)CCCCC1. The summed E-state index contributed by atoms with van der Waals surface area (Å²) in [5.74, 6) is 0.451. The van der Waals surface area contributed by atoms with Crippen molar-refractivity contribution in [3.8, 4) is 5.75 Å². The number of amides is 1. The van der Waals surface area contributed by atoms with Gasteiger partial charge in [-0.25, -0.2) is 0 Å². The molecule has 25 heavy (non-hydrogen) atoms. The molecular formula is C19H29ClN2O3. The number of hydrogen-bond donors (Lipinski definition) is 2. The fourth-order valence-corrected chi connectivity index (χ4v) is 3.62. The van der Waals surface area contributed by atoms with Crippen LogP contribution < -0.4 is 15.8 Å². The van der Waals surface area contributed by atoms with Crippen LogP contribution in [0.25, 0.3) is 0 Å². The fourth-order valence-electron chi connectivity index (χ4n) is 3.39. The molecule has 1 amide bonds. The van der Waals surface area contributed by atoms with Crippen molar-refractivity contribution in [3.05, 3.63) is 23.2 Å². The Morgan fingerprint density at radius 3 is 2.72 bits per heavy atom. The first-order chi connectivity index (χ1) is 12.1. The van der Waals surface area contributed by atoms with E-state index in [1.54, 1.807) is 18.2 Å². The first-order valence-electron chi connectivity index (χ1n) is 9.09. The van der Waals surface area contributed by atoms with E-state index >= 15 is 0 Å². The van der Waals surface area contributed by atoms with Crippen molar-refractivity contribution in [2.75, 3.05) is 31.7 Å². The zero-order valence-electron chi connectivity index (χ0n) is 15.0. The van der Waals surface area contributed by atoms with E-state index in [-0.39, 0.29) is 11.3 Å². The molecule has 0 bridgehead atoms. The zero-order valence-corrected chi connectivity index (χ0v) is 15.7. The van der Waals surface area contributed by atoms with Crippen molar-refractivity contribution < 1.29 is 14.3 Å². The average Bonchev–Trinajstić information content (AvgIpc) is 2.61. The minimum Gasteiger partial charge on any atom is -0.487 e. The van der Waals surface area contributed by atoms with Gasteiger partial charge in [0.25, 0.3) is 0 Å². The van der Waals surface area contributed by atoms with Crippen molar-refractivity contribution in [3.63, 3.8) is 0 Å². The van der Waals surface area contributed by atoms with Gasteiger partial charge in [0.2, 0.25) is 5.91 Å². The highest BCUT2D eigenvalue weighted by molar-refractivity contribution is 6.32. The zero-order chi connectivity index (χ0) is 18.1. The van der Waals surface area contributed by atoms with Crippen LogP contribution in [0, 0.1) is 5.41 Å². The predicted molar refractivity (Wildman–Crippen MR) is 101 cm³/mol. The number of rotatable bonds is 9. The molecule has 6 heteroatoms. The van der Waals surface area contributed by atoms with Gasteiger partial charge in [-0.1, -0.05) is 36.9 Å². The molecule has 140 valence electrons. The quantitative estimate of drug-likeness (QED) is 0.646. The summed E-state index contributed by atoms with van der Waals surface area (Å²) in [4.78, 5) is 12.6. The molecule has 0 spiro atoms. The predicted octanol–water partition coefficient (Wildman–Crippen LogP) is 3.99. The van der Waals surface area contributed by atoms with E-state index in [1.165, 1.54) is 6.42 Å². The number of para-hydroxylation sites is 1. The Hall–Kier alpha value is -1.30. The second kappa shape index (κ2) is 10.00. The summed E-state index contributed by atoms with van der Waals surface area (Å²) in [7, 11) is 0. The lowest BCUT2D eigenvalue weighted by atomic mass is 9.71. The smallest absolute Gasteiger partial charge is 0.225 e. The van der Waals surface area contributed by atoms with Gasteiger partial charge in [0, 0.05) is 13.0 Å². The van der Waals surface area contributed by atoms with Gasteiger partial charge in [0.1, 0.15) is 6.61 Å². The summed E-state index contributed by atoms with van der Waals surface area (Å²) in [5, 5.41) is 3.43. The van der Waals surface area contributed by atoms with E-state index in [0.29, 0.717) is 49.2 Å². The highest BCUT2D eigenvalue weighted by atomic mass is 35.5. The normalized spacial score (nSPS) is 16.4. The Kier molecular flexibility index (Phi) is 8.00. The highest BCUT2D eigenvalue weighted by Gasteiger charge is 2.33. The summed E-state index contributed by atoms with van der Waals surface area (Å²) >= 11 is 6.24. The topological polar surface area (TPSA) is 73.6 Å². The number of ether oxygens (including phenoxy) is 2. The third kappa shape index (κ3) is 5.87. The molecule has 1 saturated carbocycles. The highest BCUT2D eigenvalue weighted by Crippen LogP contribution is 2.39. The number of halogens is 1. The van der Waals surface area contributed by atoms with Crippen LogP contribution in [0.5, 0.6) is 5.75 Å². The van der Waals surface area contributed by atoms with Gasteiger partial charge in [-0.05, 0) is 43.9 Å². The lowest BCUT2D eigenvalue weighted by molar-refractivity contribution is -0.118. The fraction of sp³-hybridized carbons (Fsp3) is 0.632. The third-order valence-electron chi connectivity index (χ3n) is 4.80. The van der Waals surface area contributed by atoms with Crippen LogP contribution >= 0.6 is 11.6 Å². The number of anilines is 1. The maximum Gasteiger partial charge on any atom is 0.225 e. The molecule has 0 atom stereocenters. The molecule has 0 unspecified atom stereocenters. The molecule has 1 aromatic carbocycles. The largest absolute Gasteiger partial charge is 0.487 e. The maximum absolute atomic E-state index is 12.6. The van der Waals surface area contributed by atoms with E-state index in [0.717, 1.165) is 25.7 Å². The van der Waals surface area contributed by atoms with Gasteiger partial charge < -0.3 is 20.5 Å². The molecule has 1 aromatic rings. The molecule has 0 aromatic heterocycles. The monoisotopic (exact) mass is 368 g/mol. The van der Waals surface area contributed by atoms with Crippen LogP contribution in [0.15, 0.2) is 18.2 Å². The van der Waals surface area contributed by atoms with E-state index in [9.17, 15) is 4.79 Å². The van der Waals surface area contributed by atoms with E-state index in [2.05, 4.69) is 5.32 Å². The van der Waals surface area contributed by atoms with Crippen LogP contribution in [0.4, 0.5) is 5.69 Å². The van der Waals surface area contributed by atoms with Gasteiger partial charge >= 0.3 is 0 Å². The molecular weight excluding hydrogens is 340 g/mol. The van der Waals surface area contributed by atoms with Crippen molar-refractivity contribution in [2.45, 2.75) is 45.4 Å². The van der Waals surface area contributed by atoms with Gasteiger partial charge in [-0.15, -0.1) is 0 Å². The van der Waals surface area contributed by atoms with E-state index in [1.807, 2.05) is 6.92 Å². The minimum absolute atomic E-state index is 0.0377. The molecule has 0 aliphatic heterocycles. The van der Waals surface area contributed by atoms with Crippen molar-refractivity contribution >= 4 is 23.2 Å². The van der Waals surface area contributed by atoms with Crippen molar-refractivity contribution in [1.82, 2.24) is 0 Å². The number of carbonyl (C=O) groups is 1. The Balaban J connectivity index is 2.00. The lowest BCUT2D eigenvalue weighted by Crippen LogP contribution is -2.36. The number of nitrogens with one attached hydrogen (secondary N) is 1. The standard InChI is InChI=1S/C19H29ClN2O3/c1-2-24-11-12-25-18-15(20)7-6-8-16(18)22-17(23)13-19(14-21)9-4-3-5-10-19/h6-8H,2-5,9-14,21H2,1H3,(H,22,23). The van der Waals surface area contributed by atoms with Crippen LogP contribution in [0.1, 0.15) is 45.4 Å². The average molecular weight is 369 g/mol. The molecule has 1 aliphatic carbocycles. The molecule has 5 nitrogen and oxygen atoms in total. The van der Waals surface area contributed by atoms with Crippen molar-refractivity contribution in [2.24, 2.45) is 11.1 Å². The van der Waals surface area contributed by atoms with Gasteiger partial charge in [0.05, 0.1) is 17.3 Å². The number of benzene rings is 1. The van der Waals surface area contributed by atoms with Crippen LogP contribution in [-0.2, 0) is 9.53 Å². The Morgan fingerprint density at radius 1 is 1.28 bits per heavy atom. The summed E-state index contributed by atoms with van der Waals surface area (Å²) in [5.41, 5.74) is 6.51. The second-order valence-electron chi connectivity index (χ2n) is 6.65. The van der Waals surface area contributed by atoms with Gasteiger partial charge in [-0.3, -0.25) is 4.79 Å². The van der Waals surface area contributed by atoms with Gasteiger partial charge in [0.15, 0.2) is 5.75 Å². The third-order valence-corrected chi connectivity index (χ3v) is 5.10. The summed E-state index contributed by atoms with van der Waals surface area (Å²) < 4.78 is 11.0.